The maximum absolute atomic E-state index is 12.3. The first kappa shape index (κ1) is 19.5. The number of aromatic nitrogens is 3. The Hall–Kier alpha value is -2.77. The fourth-order valence-corrected chi connectivity index (χ4v) is 3.97. The van der Waals surface area contributed by atoms with Crippen LogP contribution in [0.5, 0.6) is 0 Å². The molecule has 1 aliphatic heterocycles. The largest absolute Gasteiger partial charge is 0.395 e. The number of aliphatic hydroxyl groups is 1. The van der Waals surface area contributed by atoms with Crippen LogP contribution in [0.4, 0.5) is 5.82 Å². The number of anilines is 1. The number of fused-ring (bicyclic) bond motifs is 1. The summed E-state index contributed by atoms with van der Waals surface area (Å²) in [6, 6.07) is 4.30. The van der Waals surface area contributed by atoms with E-state index in [0.29, 0.717) is 11.4 Å². The third-order valence-electron chi connectivity index (χ3n) is 5.61. The fraction of sp³-hybridized carbons (Fsp3) is 0.409. The molecule has 4 heterocycles. The maximum atomic E-state index is 12.3. The van der Waals surface area contributed by atoms with Gasteiger partial charge in [-0.1, -0.05) is 0 Å². The monoisotopic (exact) mass is 393 g/mol. The molecule has 1 fully saturated rings. The molecule has 7 nitrogen and oxygen atoms in total. The summed E-state index contributed by atoms with van der Waals surface area (Å²) in [5.74, 6) is 0.710. The van der Waals surface area contributed by atoms with Crippen molar-refractivity contribution in [3.05, 3.63) is 52.2 Å². The molecule has 0 bridgehead atoms. The highest BCUT2D eigenvalue weighted by atomic mass is 16.3. The van der Waals surface area contributed by atoms with Crippen LogP contribution in [0.1, 0.15) is 24.0 Å². The van der Waals surface area contributed by atoms with Gasteiger partial charge in [0.05, 0.1) is 12.1 Å². The van der Waals surface area contributed by atoms with Crippen LogP contribution in [-0.4, -0.2) is 57.2 Å². The summed E-state index contributed by atoms with van der Waals surface area (Å²) in [5.41, 5.74) is 4.33. The Labute approximate surface area is 169 Å². The number of aryl methyl sites for hydroxylation is 2. The van der Waals surface area contributed by atoms with E-state index in [-0.39, 0.29) is 18.2 Å². The molecule has 3 aromatic heterocycles. The third-order valence-corrected chi connectivity index (χ3v) is 5.61. The number of H-pyrrole nitrogens is 1. The molecule has 1 saturated heterocycles. The summed E-state index contributed by atoms with van der Waals surface area (Å²) >= 11 is 0. The zero-order valence-corrected chi connectivity index (χ0v) is 16.9. The molecule has 1 aliphatic rings. The number of nitrogens with one attached hydrogen (secondary N) is 2. The van der Waals surface area contributed by atoms with E-state index in [9.17, 15) is 4.79 Å². The first-order valence-corrected chi connectivity index (χ1v) is 10.1. The van der Waals surface area contributed by atoms with E-state index in [0.717, 1.165) is 60.1 Å². The standard InChI is InChI=1S/C22H27N5O2/c1-14-9-16(12-23-11-14)19-13-24-21(20-18(19)10-15(2)22(29)26-20)25-17-3-5-27(6-4-17)7-8-28/h9-13,17,28H,3-8H2,1-2H3,(H,24,25)(H,26,29). The number of nitrogens with zero attached hydrogens (tertiary/aromatic N) is 3. The molecule has 0 atom stereocenters. The number of aromatic amines is 1. The Morgan fingerprint density at radius 2 is 2.00 bits per heavy atom. The van der Waals surface area contributed by atoms with Crippen molar-refractivity contribution in [3.63, 3.8) is 0 Å². The molecule has 29 heavy (non-hydrogen) atoms. The molecule has 0 unspecified atom stereocenters. The Bertz CT molecular complexity index is 1070. The quantitative estimate of drug-likeness (QED) is 0.617. The molecule has 0 amide bonds. The minimum Gasteiger partial charge on any atom is -0.395 e. The highest BCUT2D eigenvalue weighted by Crippen LogP contribution is 2.31. The summed E-state index contributed by atoms with van der Waals surface area (Å²) < 4.78 is 0. The smallest absolute Gasteiger partial charge is 0.251 e. The van der Waals surface area contributed by atoms with Gasteiger partial charge in [-0.2, -0.15) is 0 Å². The van der Waals surface area contributed by atoms with Crippen LogP contribution in [0, 0.1) is 13.8 Å². The Balaban J connectivity index is 1.70. The second kappa shape index (κ2) is 8.31. The van der Waals surface area contributed by atoms with Gasteiger partial charge < -0.3 is 20.3 Å². The molecule has 0 aromatic carbocycles. The molecule has 0 spiro atoms. The van der Waals surface area contributed by atoms with Gasteiger partial charge in [0.1, 0.15) is 0 Å². The third kappa shape index (κ3) is 4.16. The van der Waals surface area contributed by atoms with Crippen molar-refractivity contribution in [1.29, 1.82) is 0 Å². The summed E-state index contributed by atoms with van der Waals surface area (Å²) in [6.07, 6.45) is 7.46. The Morgan fingerprint density at radius 3 is 2.72 bits per heavy atom. The predicted octanol–water partition coefficient (Wildman–Crippen LogP) is 2.47. The Morgan fingerprint density at radius 1 is 1.21 bits per heavy atom. The zero-order valence-electron chi connectivity index (χ0n) is 16.9. The van der Waals surface area contributed by atoms with Gasteiger partial charge in [0.25, 0.3) is 5.56 Å². The molecule has 3 N–H and O–H groups in total. The van der Waals surface area contributed by atoms with E-state index in [2.05, 4.69) is 31.2 Å². The van der Waals surface area contributed by atoms with Crippen molar-refractivity contribution in [1.82, 2.24) is 19.9 Å². The van der Waals surface area contributed by atoms with Gasteiger partial charge in [-0.3, -0.25) is 9.78 Å². The van der Waals surface area contributed by atoms with Gasteiger partial charge >= 0.3 is 0 Å². The van der Waals surface area contributed by atoms with Crippen molar-refractivity contribution in [3.8, 4) is 11.1 Å². The van der Waals surface area contributed by atoms with Gasteiger partial charge in [-0.15, -0.1) is 0 Å². The van der Waals surface area contributed by atoms with Crippen LogP contribution in [0.15, 0.2) is 35.5 Å². The lowest BCUT2D eigenvalue weighted by atomic mass is 10.0. The van der Waals surface area contributed by atoms with E-state index >= 15 is 0 Å². The molecule has 0 radical (unpaired) electrons. The number of likely N-dealkylation sites (tertiary alicyclic amines) is 1. The van der Waals surface area contributed by atoms with Crippen LogP contribution in [0.2, 0.25) is 0 Å². The lowest BCUT2D eigenvalue weighted by molar-refractivity contribution is 0.168. The van der Waals surface area contributed by atoms with Crippen molar-refractivity contribution in [2.75, 3.05) is 31.6 Å². The van der Waals surface area contributed by atoms with Gasteiger partial charge in [0.15, 0.2) is 5.82 Å². The fourth-order valence-electron chi connectivity index (χ4n) is 3.97. The predicted molar refractivity (Wildman–Crippen MR) is 115 cm³/mol. The van der Waals surface area contributed by atoms with Crippen molar-refractivity contribution < 1.29 is 5.11 Å². The topological polar surface area (TPSA) is 94.1 Å². The van der Waals surface area contributed by atoms with E-state index in [1.807, 2.05) is 38.5 Å². The minimum atomic E-state index is -0.0976. The maximum Gasteiger partial charge on any atom is 0.251 e. The molecule has 7 heteroatoms. The van der Waals surface area contributed by atoms with Gasteiger partial charge in [0, 0.05) is 66.3 Å². The number of rotatable bonds is 5. The number of aliphatic hydroxyl groups excluding tert-OH is 1. The minimum absolute atomic E-state index is 0.0976. The van der Waals surface area contributed by atoms with Gasteiger partial charge in [-0.05, 0) is 44.4 Å². The number of β-amino-alcohol motifs (C(OH)–C–C–N with tert-alkyl or cyclic N) is 1. The van der Waals surface area contributed by atoms with Crippen molar-refractivity contribution >= 4 is 16.7 Å². The highest BCUT2D eigenvalue weighted by molar-refractivity contribution is 5.99. The van der Waals surface area contributed by atoms with Crippen LogP contribution in [0.25, 0.3) is 22.0 Å². The van der Waals surface area contributed by atoms with Crippen LogP contribution in [-0.2, 0) is 0 Å². The van der Waals surface area contributed by atoms with Crippen LogP contribution in [0.3, 0.4) is 0 Å². The Kier molecular flexibility index (Phi) is 5.60. The van der Waals surface area contributed by atoms with E-state index in [1.54, 1.807) is 0 Å². The average Bonchev–Trinajstić information content (AvgIpc) is 2.71. The summed E-state index contributed by atoms with van der Waals surface area (Å²) in [7, 11) is 0. The number of hydrogen-bond donors (Lipinski definition) is 3. The first-order valence-electron chi connectivity index (χ1n) is 10.1. The van der Waals surface area contributed by atoms with E-state index < -0.39 is 0 Å². The van der Waals surface area contributed by atoms with E-state index in [4.69, 9.17) is 5.11 Å². The molecular weight excluding hydrogens is 366 g/mol. The van der Waals surface area contributed by atoms with Crippen LogP contribution < -0.4 is 10.9 Å². The number of hydrogen-bond acceptors (Lipinski definition) is 6. The molecule has 152 valence electrons. The zero-order chi connectivity index (χ0) is 20.4. The second-order valence-electron chi connectivity index (χ2n) is 7.83. The second-order valence-corrected chi connectivity index (χ2v) is 7.83. The average molecular weight is 393 g/mol. The highest BCUT2D eigenvalue weighted by Gasteiger charge is 2.20. The first-order chi connectivity index (χ1) is 14.0. The number of pyridine rings is 3. The summed E-state index contributed by atoms with van der Waals surface area (Å²) in [5, 5.41) is 13.6. The van der Waals surface area contributed by atoms with Crippen molar-refractivity contribution in [2.45, 2.75) is 32.7 Å². The lowest BCUT2D eigenvalue weighted by Gasteiger charge is -2.32. The lowest BCUT2D eigenvalue weighted by Crippen LogP contribution is -2.40. The number of piperidine rings is 1. The molecule has 0 saturated carbocycles. The molecular formula is C22H27N5O2. The normalized spacial score (nSPS) is 15.7. The summed E-state index contributed by atoms with van der Waals surface area (Å²) in [4.78, 5) is 26.6. The van der Waals surface area contributed by atoms with Gasteiger partial charge in [-0.25, -0.2) is 4.98 Å². The SMILES string of the molecule is Cc1cncc(-c2cnc(NC3CCN(CCO)CC3)c3[nH]c(=O)c(C)cc23)c1. The summed E-state index contributed by atoms with van der Waals surface area (Å²) in [6.45, 7) is 6.64. The molecule has 0 aliphatic carbocycles. The molecule has 4 rings (SSSR count). The van der Waals surface area contributed by atoms with Crippen molar-refractivity contribution in [2.24, 2.45) is 0 Å². The molecule has 3 aromatic rings. The van der Waals surface area contributed by atoms with Crippen LogP contribution >= 0.6 is 0 Å². The van der Waals surface area contributed by atoms with Gasteiger partial charge in [0.2, 0.25) is 0 Å². The van der Waals surface area contributed by atoms with E-state index in [1.165, 1.54) is 0 Å².